The van der Waals surface area contributed by atoms with Gasteiger partial charge >= 0.3 is 0 Å². The Balaban J connectivity index is 1.95. The van der Waals surface area contributed by atoms with Crippen LogP contribution >= 0.6 is 0 Å². The average Bonchev–Trinajstić information content (AvgIpc) is 2.43. The molecule has 0 amide bonds. The highest BCUT2D eigenvalue weighted by molar-refractivity contribution is 5.29. The molecule has 0 bridgehead atoms. The maximum Gasteiger partial charge on any atom is 0.0239 e. The highest BCUT2D eigenvalue weighted by Gasteiger charge is 2.23. The Morgan fingerprint density at radius 3 is 2.67 bits per heavy atom. The first kappa shape index (κ1) is 13.6. The minimum atomic E-state index is 0.650. The standard InChI is InChI=1S/C16H26N2/c1-4-17-11-13(2)14(3)18-10-9-15-7-5-6-8-16(15)12-18/h5-8,13-14,17H,4,9-12H2,1-3H3. The molecule has 2 rings (SSSR count). The van der Waals surface area contributed by atoms with Gasteiger partial charge in [0.25, 0.3) is 0 Å². The lowest BCUT2D eigenvalue weighted by molar-refractivity contribution is 0.144. The first-order valence-corrected chi connectivity index (χ1v) is 7.24. The first-order chi connectivity index (χ1) is 8.72. The molecule has 18 heavy (non-hydrogen) atoms. The summed E-state index contributed by atoms with van der Waals surface area (Å²) in [4.78, 5) is 2.63. The number of nitrogens with zero attached hydrogens (tertiary/aromatic N) is 1. The molecular weight excluding hydrogens is 220 g/mol. The summed E-state index contributed by atoms with van der Waals surface area (Å²) in [6.45, 7) is 11.4. The van der Waals surface area contributed by atoms with Crippen molar-refractivity contribution in [3.63, 3.8) is 0 Å². The maximum absolute atomic E-state index is 3.46. The number of hydrogen-bond donors (Lipinski definition) is 1. The van der Waals surface area contributed by atoms with Crippen LogP contribution in [0.15, 0.2) is 24.3 Å². The summed E-state index contributed by atoms with van der Waals surface area (Å²) in [5.41, 5.74) is 3.06. The third-order valence-electron chi connectivity index (χ3n) is 4.28. The summed E-state index contributed by atoms with van der Waals surface area (Å²) in [6, 6.07) is 9.53. The van der Waals surface area contributed by atoms with E-state index in [2.05, 4.69) is 55.3 Å². The molecule has 2 atom stereocenters. The topological polar surface area (TPSA) is 15.3 Å². The van der Waals surface area contributed by atoms with E-state index in [1.165, 1.54) is 18.5 Å². The molecular formula is C16H26N2. The maximum atomic E-state index is 3.46. The number of fused-ring (bicyclic) bond motifs is 1. The largest absolute Gasteiger partial charge is 0.317 e. The molecule has 0 saturated heterocycles. The zero-order valence-electron chi connectivity index (χ0n) is 11.9. The second-order valence-electron chi connectivity index (χ2n) is 5.51. The van der Waals surface area contributed by atoms with Crippen molar-refractivity contribution in [2.24, 2.45) is 5.92 Å². The van der Waals surface area contributed by atoms with Crippen LogP contribution < -0.4 is 5.32 Å². The molecule has 1 heterocycles. The summed E-state index contributed by atoms with van der Waals surface area (Å²) >= 11 is 0. The summed E-state index contributed by atoms with van der Waals surface area (Å²) in [7, 11) is 0. The van der Waals surface area contributed by atoms with Crippen LogP contribution in [0.5, 0.6) is 0 Å². The number of nitrogens with one attached hydrogen (secondary N) is 1. The van der Waals surface area contributed by atoms with Gasteiger partial charge in [-0.3, -0.25) is 4.90 Å². The van der Waals surface area contributed by atoms with E-state index >= 15 is 0 Å². The van der Waals surface area contributed by atoms with Crippen molar-refractivity contribution < 1.29 is 0 Å². The lowest BCUT2D eigenvalue weighted by Gasteiger charge is -2.36. The number of benzene rings is 1. The van der Waals surface area contributed by atoms with Crippen LogP contribution in [0.2, 0.25) is 0 Å². The van der Waals surface area contributed by atoms with Gasteiger partial charge in [-0.2, -0.15) is 0 Å². The van der Waals surface area contributed by atoms with E-state index in [1.807, 2.05) is 0 Å². The smallest absolute Gasteiger partial charge is 0.0239 e. The lowest BCUT2D eigenvalue weighted by atomic mass is 9.95. The van der Waals surface area contributed by atoms with Crippen molar-refractivity contribution in [1.82, 2.24) is 10.2 Å². The van der Waals surface area contributed by atoms with Crippen LogP contribution in [0.25, 0.3) is 0 Å². The van der Waals surface area contributed by atoms with Crippen molar-refractivity contribution in [3.05, 3.63) is 35.4 Å². The SMILES string of the molecule is CCNCC(C)C(C)N1CCc2ccccc2C1. The van der Waals surface area contributed by atoms with Crippen molar-refractivity contribution in [2.45, 2.75) is 39.8 Å². The van der Waals surface area contributed by atoms with Gasteiger partial charge in [-0.25, -0.2) is 0 Å². The van der Waals surface area contributed by atoms with Gasteiger partial charge in [0.2, 0.25) is 0 Å². The van der Waals surface area contributed by atoms with Crippen LogP contribution in [0.1, 0.15) is 31.9 Å². The number of hydrogen-bond acceptors (Lipinski definition) is 2. The normalized spacial score (nSPS) is 19.3. The van der Waals surface area contributed by atoms with E-state index < -0.39 is 0 Å². The zero-order valence-corrected chi connectivity index (χ0v) is 11.9. The van der Waals surface area contributed by atoms with E-state index in [9.17, 15) is 0 Å². The molecule has 2 nitrogen and oxygen atoms in total. The predicted octanol–water partition coefficient (Wildman–Crippen LogP) is 2.68. The van der Waals surface area contributed by atoms with Gasteiger partial charge in [0, 0.05) is 19.1 Å². The van der Waals surface area contributed by atoms with Crippen LogP contribution in [-0.4, -0.2) is 30.6 Å². The monoisotopic (exact) mass is 246 g/mol. The minimum absolute atomic E-state index is 0.650. The van der Waals surface area contributed by atoms with E-state index in [0.29, 0.717) is 12.0 Å². The van der Waals surface area contributed by atoms with E-state index in [1.54, 1.807) is 5.56 Å². The molecule has 1 aromatic rings. The molecule has 0 aliphatic carbocycles. The third kappa shape index (κ3) is 3.12. The minimum Gasteiger partial charge on any atom is -0.317 e. The fourth-order valence-corrected chi connectivity index (χ4v) is 2.77. The Labute approximate surface area is 111 Å². The molecule has 0 fully saturated rings. The van der Waals surface area contributed by atoms with E-state index in [-0.39, 0.29) is 0 Å². The van der Waals surface area contributed by atoms with E-state index in [4.69, 9.17) is 0 Å². The van der Waals surface area contributed by atoms with Crippen molar-refractivity contribution in [2.75, 3.05) is 19.6 Å². The van der Waals surface area contributed by atoms with Crippen LogP contribution in [-0.2, 0) is 13.0 Å². The molecule has 1 aromatic carbocycles. The summed E-state index contributed by atoms with van der Waals surface area (Å²) in [5.74, 6) is 0.704. The summed E-state index contributed by atoms with van der Waals surface area (Å²) in [5, 5.41) is 3.46. The third-order valence-corrected chi connectivity index (χ3v) is 4.28. The molecule has 2 heteroatoms. The van der Waals surface area contributed by atoms with Crippen LogP contribution in [0.4, 0.5) is 0 Å². The van der Waals surface area contributed by atoms with Crippen LogP contribution in [0, 0.1) is 5.92 Å². The van der Waals surface area contributed by atoms with Gasteiger partial charge in [0.15, 0.2) is 0 Å². The molecule has 1 N–H and O–H groups in total. The molecule has 1 aliphatic rings. The van der Waals surface area contributed by atoms with Crippen molar-refractivity contribution >= 4 is 0 Å². The Morgan fingerprint density at radius 2 is 1.94 bits per heavy atom. The quantitative estimate of drug-likeness (QED) is 0.859. The van der Waals surface area contributed by atoms with Gasteiger partial charge < -0.3 is 5.32 Å². The lowest BCUT2D eigenvalue weighted by Crippen LogP contribution is -2.43. The van der Waals surface area contributed by atoms with Crippen molar-refractivity contribution in [3.8, 4) is 0 Å². The Kier molecular flexibility index (Phi) is 4.79. The second-order valence-corrected chi connectivity index (χ2v) is 5.51. The fraction of sp³-hybridized carbons (Fsp3) is 0.625. The molecule has 0 aromatic heterocycles. The fourth-order valence-electron chi connectivity index (χ4n) is 2.77. The Hall–Kier alpha value is -0.860. The molecule has 100 valence electrons. The highest BCUT2D eigenvalue weighted by Crippen LogP contribution is 2.22. The van der Waals surface area contributed by atoms with Gasteiger partial charge in [-0.05, 0) is 43.5 Å². The van der Waals surface area contributed by atoms with Crippen LogP contribution in [0.3, 0.4) is 0 Å². The van der Waals surface area contributed by atoms with Gasteiger partial charge in [0.1, 0.15) is 0 Å². The molecule has 0 spiro atoms. The summed E-state index contributed by atoms with van der Waals surface area (Å²) in [6.07, 6.45) is 1.20. The summed E-state index contributed by atoms with van der Waals surface area (Å²) < 4.78 is 0. The molecule has 1 aliphatic heterocycles. The average molecular weight is 246 g/mol. The molecule has 2 unspecified atom stereocenters. The van der Waals surface area contributed by atoms with Crippen molar-refractivity contribution in [1.29, 1.82) is 0 Å². The predicted molar refractivity (Wildman–Crippen MR) is 77.7 cm³/mol. The molecule has 0 saturated carbocycles. The highest BCUT2D eigenvalue weighted by atomic mass is 15.2. The number of rotatable bonds is 5. The molecule has 0 radical (unpaired) electrons. The Morgan fingerprint density at radius 1 is 1.22 bits per heavy atom. The zero-order chi connectivity index (χ0) is 13.0. The van der Waals surface area contributed by atoms with Gasteiger partial charge in [0.05, 0.1) is 0 Å². The first-order valence-electron chi connectivity index (χ1n) is 7.24. The van der Waals surface area contributed by atoms with Gasteiger partial charge in [-0.15, -0.1) is 0 Å². The second kappa shape index (κ2) is 6.35. The van der Waals surface area contributed by atoms with Gasteiger partial charge in [-0.1, -0.05) is 38.1 Å². The Bertz CT molecular complexity index is 375. The van der Waals surface area contributed by atoms with E-state index in [0.717, 1.165) is 19.6 Å².